The molecule has 0 spiro atoms. The molecule has 1 N–H and O–H groups in total. The number of benzene rings is 3. The zero-order valence-electron chi connectivity index (χ0n) is 23.4. The summed E-state index contributed by atoms with van der Waals surface area (Å²) in [5, 5.41) is 4.02. The maximum absolute atomic E-state index is 13.9. The van der Waals surface area contributed by atoms with E-state index in [0.717, 1.165) is 36.8 Å². The van der Waals surface area contributed by atoms with Crippen molar-refractivity contribution < 1.29 is 23.8 Å². The molecule has 1 aliphatic rings. The first-order valence-electron chi connectivity index (χ1n) is 13.8. The molecule has 218 valence electrons. The van der Waals surface area contributed by atoms with Crippen LogP contribution in [0.25, 0.3) is 0 Å². The molecule has 0 radical (unpaired) electrons. The lowest BCUT2D eigenvalue weighted by molar-refractivity contribution is -0.143. The van der Waals surface area contributed by atoms with Crippen LogP contribution in [-0.2, 0) is 22.6 Å². The minimum atomic E-state index is -0.773. The number of methoxy groups -OCH3 is 2. The van der Waals surface area contributed by atoms with Gasteiger partial charge in [-0.3, -0.25) is 9.59 Å². The highest BCUT2D eigenvalue weighted by Gasteiger charge is 2.32. The summed E-state index contributed by atoms with van der Waals surface area (Å²) in [6.07, 6.45) is 5.56. The Hall–Kier alpha value is -3.42. The van der Waals surface area contributed by atoms with Crippen molar-refractivity contribution in [3.8, 4) is 17.2 Å². The lowest BCUT2D eigenvalue weighted by Crippen LogP contribution is -2.53. The van der Waals surface area contributed by atoms with Gasteiger partial charge in [0.15, 0.2) is 6.61 Å². The van der Waals surface area contributed by atoms with E-state index in [2.05, 4.69) is 5.32 Å². The van der Waals surface area contributed by atoms with E-state index >= 15 is 0 Å². The van der Waals surface area contributed by atoms with Gasteiger partial charge in [-0.2, -0.15) is 0 Å². The van der Waals surface area contributed by atoms with Gasteiger partial charge in [0.1, 0.15) is 23.3 Å². The Bertz CT molecular complexity index is 1290. The fraction of sp³-hybridized carbons (Fsp3) is 0.375. The Balaban J connectivity index is 1.64. The van der Waals surface area contributed by atoms with Gasteiger partial charge in [0.2, 0.25) is 5.91 Å². The number of carbonyl (C=O) groups excluding carboxylic acids is 2. The van der Waals surface area contributed by atoms with Gasteiger partial charge in [-0.15, -0.1) is 0 Å². The molecule has 4 rings (SSSR count). The number of nitrogens with one attached hydrogen (secondary N) is 1. The van der Waals surface area contributed by atoms with E-state index in [1.54, 1.807) is 55.5 Å². The molecule has 0 heterocycles. The molecule has 3 aromatic rings. The number of ether oxygens (including phenoxy) is 3. The second-order valence-electron chi connectivity index (χ2n) is 10.2. The van der Waals surface area contributed by atoms with E-state index in [1.807, 2.05) is 30.3 Å². The van der Waals surface area contributed by atoms with Crippen LogP contribution in [0.5, 0.6) is 17.2 Å². The third kappa shape index (κ3) is 8.78. The summed E-state index contributed by atoms with van der Waals surface area (Å²) in [6, 6.07) is 19.3. The molecule has 0 aliphatic heterocycles. The van der Waals surface area contributed by atoms with E-state index in [-0.39, 0.29) is 31.0 Å². The largest absolute Gasteiger partial charge is 0.496 e. The van der Waals surface area contributed by atoms with Gasteiger partial charge in [-0.25, -0.2) is 0 Å². The highest BCUT2D eigenvalue weighted by Crippen LogP contribution is 2.28. The molecule has 9 heteroatoms. The molecule has 0 bridgehead atoms. The number of nitrogens with zero attached hydrogens (tertiary/aromatic N) is 1. The van der Waals surface area contributed by atoms with Crippen LogP contribution in [-0.4, -0.2) is 49.6 Å². The van der Waals surface area contributed by atoms with Gasteiger partial charge in [-0.1, -0.05) is 78.9 Å². The fourth-order valence-electron chi connectivity index (χ4n) is 5.03. The van der Waals surface area contributed by atoms with Crippen molar-refractivity contribution in [2.45, 2.75) is 57.2 Å². The second kappa shape index (κ2) is 15.0. The van der Waals surface area contributed by atoms with Crippen LogP contribution in [0.1, 0.15) is 43.2 Å². The highest BCUT2D eigenvalue weighted by atomic mass is 35.5. The van der Waals surface area contributed by atoms with E-state index in [9.17, 15) is 9.59 Å². The Morgan fingerprint density at radius 1 is 0.854 bits per heavy atom. The van der Waals surface area contributed by atoms with Gasteiger partial charge in [-0.05, 0) is 36.1 Å². The van der Waals surface area contributed by atoms with Gasteiger partial charge >= 0.3 is 0 Å². The maximum atomic E-state index is 13.9. The Morgan fingerprint density at radius 2 is 1.51 bits per heavy atom. The van der Waals surface area contributed by atoms with Crippen LogP contribution in [0.15, 0.2) is 66.7 Å². The lowest BCUT2D eigenvalue weighted by Gasteiger charge is -2.33. The molecule has 7 nitrogen and oxygen atoms in total. The summed E-state index contributed by atoms with van der Waals surface area (Å²) >= 11 is 12.5. The normalized spacial score (nSPS) is 14.1. The van der Waals surface area contributed by atoms with E-state index < -0.39 is 6.04 Å². The standard InChI is InChI=1S/C32H36Cl2N2O5/c1-39-25-17-26(40-2)19-27(18-25)41-21-31(37)36(20-23-13-14-28(33)29(34)15-23)30(16-22-9-5-3-6-10-22)32(38)35-24-11-7-4-8-12-24/h3,5-6,9-10,13-15,17-19,24,30H,4,7-8,11-12,16,20-21H2,1-2H3,(H,35,38)/t30-/m0/s1. The molecule has 1 aliphatic carbocycles. The van der Waals surface area contributed by atoms with E-state index in [0.29, 0.717) is 33.7 Å². The van der Waals surface area contributed by atoms with Crippen LogP contribution in [0.3, 0.4) is 0 Å². The molecular weight excluding hydrogens is 563 g/mol. The quantitative estimate of drug-likeness (QED) is 0.258. The molecule has 41 heavy (non-hydrogen) atoms. The zero-order chi connectivity index (χ0) is 29.2. The van der Waals surface area contributed by atoms with E-state index in [4.69, 9.17) is 37.4 Å². The average Bonchev–Trinajstić information content (AvgIpc) is 3.00. The predicted molar refractivity (Wildman–Crippen MR) is 161 cm³/mol. The Kier molecular flexibility index (Phi) is 11.2. The highest BCUT2D eigenvalue weighted by molar-refractivity contribution is 6.42. The number of amides is 2. The Labute approximate surface area is 251 Å². The summed E-state index contributed by atoms with van der Waals surface area (Å²) in [5.74, 6) is 0.951. The topological polar surface area (TPSA) is 77.1 Å². The summed E-state index contributed by atoms with van der Waals surface area (Å²) in [4.78, 5) is 29.4. The van der Waals surface area contributed by atoms with Gasteiger partial charge in [0.05, 0.1) is 24.3 Å². The predicted octanol–water partition coefficient (Wildman–Crippen LogP) is 6.48. The average molecular weight is 600 g/mol. The number of hydrogen-bond donors (Lipinski definition) is 1. The first-order valence-corrected chi connectivity index (χ1v) is 14.6. The van der Waals surface area contributed by atoms with Crippen molar-refractivity contribution in [2.24, 2.45) is 0 Å². The van der Waals surface area contributed by atoms with Crippen molar-refractivity contribution in [3.05, 3.63) is 87.9 Å². The van der Waals surface area contributed by atoms with Crippen LogP contribution in [0, 0.1) is 0 Å². The smallest absolute Gasteiger partial charge is 0.261 e. The summed E-state index contributed by atoms with van der Waals surface area (Å²) in [6.45, 7) is -0.143. The summed E-state index contributed by atoms with van der Waals surface area (Å²) in [7, 11) is 3.09. The molecule has 0 aromatic heterocycles. The fourth-order valence-corrected chi connectivity index (χ4v) is 5.35. The Morgan fingerprint density at radius 3 is 2.15 bits per heavy atom. The molecule has 1 saturated carbocycles. The zero-order valence-corrected chi connectivity index (χ0v) is 24.9. The second-order valence-corrected chi connectivity index (χ2v) is 11.0. The molecule has 0 saturated heterocycles. The monoisotopic (exact) mass is 598 g/mol. The first-order chi connectivity index (χ1) is 19.9. The lowest BCUT2D eigenvalue weighted by atomic mass is 9.94. The SMILES string of the molecule is COc1cc(OC)cc(OCC(=O)N(Cc2ccc(Cl)c(Cl)c2)[C@@H](Cc2ccccc2)C(=O)NC2CCCCC2)c1. The first kappa shape index (κ1) is 30.5. The van der Waals surface area contributed by atoms with Crippen LogP contribution >= 0.6 is 23.2 Å². The van der Waals surface area contributed by atoms with Gasteiger partial charge in [0, 0.05) is 37.2 Å². The molecule has 1 fully saturated rings. The van der Waals surface area contributed by atoms with Crippen LogP contribution < -0.4 is 19.5 Å². The minimum Gasteiger partial charge on any atom is -0.496 e. The summed E-state index contributed by atoms with van der Waals surface area (Å²) in [5.41, 5.74) is 1.70. The van der Waals surface area contributed by atoms with Gasteiger partial charge < -0.3 is 24.4 Å². The number of rotatable bonds is 12. The van der Waals surface area contributed by atoms with Crippen LogP contribution in [0.4, 0.5) is 0 Å². The molecule has 3 aromatic carbocycles. The molecular formula is C32H36Cl2N2O5. The number of carbonyl (C=O) groups is 2. The molecule has 2 amide bonds. The van der Waals surface area contributed by atoms with E-state index in [1.165, 1.54) is 6.42 Å². The summed E-state index contributed by atoms with van der Waals surface area (Å²) < 4.78 is 16.6. The van der Waals surface area contributed by atoms with Crippen LogP contribution in [0.2, 0.25) is 10.0 Å². The third-order valence-corrected chi connectivity index (χ3v) is 7.99. The minimum absolute atomic E-state index is 0.0944. The van der Waals surface area contributed by atoms with Crippen molar-refractivity contribution in [3.63, 3.8) is 0 Å². The number of halogens is 2. The van der Waals surface area contributed by atoms with Crippen molar-refractivity contribution in [2.75, 3.05) is 20.8 Å². The van der Waals surface area contributed by atoms with Gasteiger partial charge in [0.25, 0.3) is 5.91 Å². The van der Waals surface area contributed by atoms with Crippen molar-refractivity contribution >= 4 is 35.0 Å². The third-order valence-electron chi connectivity index (χ3n) is 7.25. The maximum Gasteiger partial charge on any atom is 0.261 e. The molecule has 0 unspecified atom stereocenters. The molecule has 1 atom stereocenters. The van der Waals surface area contributed by atoms with Crippen molar-refractivity contribution in [1.82, 2.24) is 10.2 Å². The van der Waals surface area contributed by atoms with Crippen molar-refractivity contribution in [1.29, 1.82) is 0 Å². The number of hydrogen-bond acceptors (Lipinski definition) is 5.